The number of rotatable bonds is 3. The topological polar surface area (TPSA) is 80.9 Å². The van der Waals surface area contributed by atoms with E-state index in [1.807, 2.05) is 19.1 Å². The lowest BCUT2D eigenvalue weighted by molar-refractivity contribution is -0.198. The third-order valence-corrected chi connectivity index (χ3v) is 11.6. The van der Waals surface area contributed by atoms with Crippen molar-refractivity contribution in [3.05, 3.63) is 23.3 Å². The van der Waals surface area contributed by atoms with Crippen molar-refractivity contribution in [2.75, 3.05) is 0 Å². The highest BCUT2D eigenvalue weighted by Crippen LogP contribution is 2.71. The quantitative estimate of drug-likeness (QED) is 0.521. The van der Waals surface area contributed by atoms with Gasteiger partial charge >= 0.3 is 0 Å². The van der Waals surface area contributed by atoms with Gasteiger partial charge in [-0.3, -0.25) is 0 Å². The zero-order chi connectivity index (χ0) is 23.3. The van der Waals surface area contributed by atoms with Gasteiger partial charge in [0, 0.05) is 11.8 Å². The normalized spacial score (nSPS) is 51.8. The molecule has 0 bridgehead atoms. The highest BCUT2D eigenvalue weighted by molar-refractivity contribution is 5.50. The van der Waals surface area contributed by atoms with Crippen LogP contribution in [0.2, 0.25) is 0 Å². The number of aliphatic hydroxyl groups excluding tert-OH is 2. The third-order valence-electron chi connectivity index (χ3n) is 11.6. The molecule has 4 N–H and O–H groups in total. The molecule has 0 amide bonds. The van der Waals surface area contributed by atoms with Crippen molar-refractivity contribution >= 4 is 0 Å². The standard InChI is InChI=1S/C28H44O4/c1-16(2)17(3)24(30)20-15-26-12-13-28(32)23(22(26)7-6-21(26)18(20)4)9-11-27(31)14-19(29)8-10-25(27,28)5/h9,11,16-21,24,29-32H,6-8,10,12-15H2,1-5H3/t17-,18+,19+,20-,21+,24-,25+,26-,27+,28-/m0/s1. The summed E-state index contributed by atoms with van der Waals surface area (Å²) in [7, 11) is 0. The minimum atomic E-state index is -1.17. The van der Waals surface area contributed by atoms with Crippen molar-refractivity contribution in [1.29, 1.82) is 0 Å². The second kappa shape index (κ2) is 7.16. The maximum absolute atomic E-state index is 12.3. The van der Waals surface area contributed by atoms with E-state index in [0.29, 0.717) is 49.4 Å². The molecule has 0 saturated heterocycles. The lowest BCUT2D eigenvalue weighted by Gasteiger charge is -2.62. The van der Waals surface area contributed by atoms with Crippen LogP contribution in [0.15, 0.2) is 23.3 Å². The summed E-state index contributed by atoms with van der Waals surface area (Å²) in [6, 6.07) is 0. The van der Waals surface area contributed by atoms with E-state index in [1.165, 1.54) is 5.57 Å². The molecule has 0 aliphatic heterocycles. The van der Waals surface area contributed by atoms with Gasteiger partial charge in [0.05, 0.1) is 23.4 Å². The van der Waals surface area contributed by atoms with Gasteiger partial charge < -0.3 is 20.4 Å². The van der Waals surface area contributed by atoms with Crippen molar-refractivity contribution < 1.29 is 20.4 Å². The summed E-state index contributed by atoms with van der Waals surface area (Å²) in [5, 5.41) is 45.4. The lowest BCUT2D eigenvalue weighted by atomic mass is 9.47. The molecule has 0 unspecified atom stereocenters. The molecule has 3 fully saturated rings. The van der Waals surface area contributed by atoms with Crippen LogP contribution in [0.25, 0.3) is 0 Å². The van der Waals surface area contributed by atoms with E-state index in [1.54, 1.807) is 0 Å². The zero-order valence-corrected chi connectivity index (χ0v) is 20.6. The molecule has 0 aromatic heterocycles. The van der Waals surface area contributed by atoms with E-state index < -0.39 is 22.7 Å². The van der Waals surface area contributed by atoms with Crippen molar-refractivity contribution in [2.24, 2.45) is 40.4 Å². The van der Waals surface area contributed by atoms with Gasteiger partial charge in [-0.05, 0) is 85.5 Å². The Morgan fingerprint density at radius 1 is 1.03 bits per heavy atom. The first-order valence-electron chi connectivity index (χ1n) is 13.1. The maximum Gasteiger partial charge on any atom is 0.0980 e. The fourth-order valence-electron chi connectivity index (χ4n) is 9.05. The summed E-state index contributed by atoms with van der Waals surface area (Å²) in [6.45, 7) is 11.0. The van der Waals surface area contributed by atoms with Crippen LogP contribution in [-0.2, 0) is 0 Å². The predicted octanol–water partition coefficient (Wildman–Crippen LogP) is 4.37. The van der Waals surface area contributed by atoms with Crippen molar-refractivity contribution in [2.45, 2.75) is 109 Å². The van der Waals surface area contributed by atoms with Gasteiger partial charge in [-0.2, -0.15) is 0 Å². The van der Waals surface area contributed by atoms with Crippen LogP contribution in [0, 0.1) is 40.4 Å². The highest BCUT2D eigenvalue weighted by Gasteiger charge is 2.68. The average Bonchev–Trinajstić information content (AvgIpc) is 3.23. The molecule has 1 spiro atoms. The van der Waals surface area contributed by atoms with Crippen LogP contribution in [0.4, 0.5) is 0 Å². The second-order valence-corrected chi connectivity index (χ2v) is 12.9. The Balaban J connectivity index is 1.57. The lowest BCUT2D eigenvalue weighted by Crippen LogP contribution is -2.66. The van der Waals surface area contributed by atoms with E-state index in [0.717, 1.165) is 31.3 Å². The van der Waals surface area contributed by atoms with E-state index in [2.05, 4.69) is 27.7 Å². The molecular weight excluding hydrogens is 400 g/mol. The second-order valence-electron chi connectivity index (χ2n) is 12.9. The van der Waals surface area contributed by atoms with Gasteiger partial charge in [-0.25, -0.2) is 0 Å². The van der Waals surface area contributed by atoms with Crippen molar-refractivity contribution in [3.63, 3.8) is 0 Å². The molecule has 0 heterocycles. The van der Waals surface area contributed by atoms with Crippen LogP contribution in [0.1, 0.15) is 86.0 Å². The summed E-state index contributed by atoms with van der Waals surface area (Å²) in [6.07, 6.45) is 9.48. The molecule has 3 saturated carbocycles. The molecule has 32 heavy (non-hydrogen) atoms. The first-order chi connectivity index (χ1) is 14.9. The first-order valence-corrected chi connectivity index (χ1v) is 13.1. The molecule has 0 aromatic carbocycles. The van der Waals surface area contributed by atoms with E-state index >= 15 is 0 Å². The molecule has 0 radical (unpaired) electrons. The van der Waals surface area contributed by atoms with E-state index in [9.17, 15) is 20.4 Å². The predicted molar refractivity (Wildman–Crippen MR) is 126 cm³/mol. The van der Waals surface area contributed by atoms with Gasteiger partial charge in [0.25, 0.3) is 0 Å². The largest absolute Gasteiger partial charge is 0.393 e. The van der Waals surface area contributed by atoms with E-state index in [-0.39, 0.29) is 17.4 Å². The Morgan fingerprint density at radius 2 is 1.75 bits per heavy atom. The van der Waals surface area contributed by atoms with Crippen LogP contribution < -0.4 is 0 Å². The van der Waals surface area contributed by atoms with Gasteiger partial charge in [-0.15, -0.1) is 0 Å². The Bertz CT molecular complexity index is 846. The minimum absolute atomic E-state index is 0.0909. The molecule has 5 aliphatic rings. The molecule has 0 aromatic rings. The monoisotopic (exact) mass is 444 g/mol. The van der Waals surface area contributed by atoms with Crippen LogP contribution in [0.3, 0.4) is 0 Å². The summed E-state index contributed by atoms with van der Waals surface area (Å²) in [5.41, 5.74) is -0.314. The molecule has 4 nitrogen and oxygen atoms in total. The average molecular weight is 445 g/mol. The van der Waals surface area contributed by atoms with Gasteiger partial charge in [-0.1, -0.05) is 52.3 Å². The summed E-state index contributed by atoms with van der Waals surface area (Å²) >= 11 is 0. The summed E-state index contributed by atoms with van der Waals surface area (Å²) < 4.78 is 0. The summed E-state index contributed by atoms with van der Waals surface area (Å²) in [4.78, 5) is 0. The molecule has 5 aliphatic carbocycles. The number of fused-ring (bicyclic) bond motifs is 3. The third kappa shape index (κ3) is 2.70. The van der Waals surface area contributed by atoms with E-state index in [4.69, 9.17) is 0 Å². The Morgan fingerprint density at radius 3 is 2.44 bits per heavy atom. The molecular formula is C28H44O4. The van der Waals surface area contributed by atoms with Crippen LogP contribution in [-0.4, -0.2) is 43.8 Å². The van der Waals surface area contributed by atoms with Crippen molar-refractivity contribution in [3.8, 4) is 0 Å². The van der Waals surface area contributed by atoms with Crippen LogP contribution in [0.5, 0.6) is 0 Å². The number of allylic oxidation sites excluding steroid dienone is 1. The van der Waals surface area contributed by atoms with Gasteiger partial charge in [0.1, 0.15) is 0 Å². The summed E-state index contributed by atoms with van der Waals surface area (Å²) in [5.74, 6) is 2.12. The van der Waals surface area contributed by atoms with Gasteiger partial charge in [0.2, 0.25) is 0 Å². The SMILES string of the molecule is CC(C)[C@H](C)[C@H](O)[C@H]1C[C@]23CC[C@]4(O)C(=C2CC[C@@H]3[C@@H]1C)C=C[C@@]1(O)C[C@H](O)CC[C@]14C. The smallest absolute Gasteiger partial charge is 0.0980 e. The Hall–Kier alpha value is -0.680. The molecule has 5 rings (SSSR count). The molecule has 4 heteroatoms. The highest BCUT2D eigenvalue weighted by atomic mass is 16.3. The Labute approximate surface area is 193 Å². The van der Waals surface area contributed by atoms with Crippen LogP contribution >= 0.6 is 0 Å². The van der Waals surface area contributed by atoms with Gasteiger partial charge in [0.15, 0.2) is 0 Å². The van der Waals surface area contributed by atoms with Crippen molar-refractivity contribution in [1.82, 2.24) is 0 Å². The Kier molecular flexibility index (Phi) is 5.17. The number of aliphatic hydroxyl groups is 4. The molecule has 180 valence electrons. The minimum Gasteiger partial charge on any atom is -0.393 e. The zero-order valence-electron chi connectivity index (χ0n) is 20.6. The first kappa shape index (κ1) is 23.1. The fourth-order valence-corrected chi connectivity index (χ4v) is 9.05. The number of hydrogen-bond acceptors (Lipinski definition) is 4. The maximum atomic E-state index is 12.3. The molecule has 10 atom stereocenters. The fraction of sp³-hybridized carbons (Fsp3) is 0.857. The number of hydrogen-bond donors (Lipinski definition) is 4.